The minimum atomic E-state index is -0.299. The zero-order valence-corrected chi connectivity index (χ0v) is 18.1. The fraction of sp³-hybridized carbons (Fsp3) is 0.269. The van der Waals surface area contributed by atoms with Gasteiger partial charge in [-0.15, -0.1) is 0 Å². The molecule has 0 spiro atoms. The second-order valence-electron chi connectivity index (χ2n) is 8.04. The topological polar surface area (TPSA) is 32.3 Å². The van der Waals surface area contributed by atoms with Gasteiger partial charge in [0.1, 0.15) is 5.82 Å². The van der Waals surface area contributed by atoms with E-state index in [9.17, 15) is 9.18 Å². The van der Waals surface area contributed by atoms with Crippen molar-refractivity contribution >= 4 is 17.5 Å². The van der Waals surface area contributed by atoms with Gasteiger partial charge in [0.25, 0.3) is 0 Å². The number of amides is 1. The van der Waals surface area contributed by atoms with Crippen molar-refractivity contribution in [2.45, 2.75) is 25.4 Å². The number of halogens is 2. The Balaban J connectivity index is 1.47. The lowest BCUT2D eigenvalue weighted by Gasteiger charge is -2.33. The fourth-order valence-electron chi connectivity index (χ4n) is 4.23. The van der Waals surface area contributed by atoms with E-state index in [0.29, 0.717) is 23.7 Å². The molecule has 3 aromatic rings. The number of carbonyl (C=O) groups excluding carboxylic acids is 1. The SMILES string of the molecule is O=C(NC(c1ccccc1)c1ccccc1)C1CCCN(Cc2c(F)cccc2Cl)C1. The molecule has 0 bridgehead atoms. The fourth-order valence-corrected chi connectivity index (χ4v) is 4.45. The number of benzene rings is 3. The van der Waals surface area contributed by atoms with Gasteiger partial charge in [-0.2, -0.15) is 0 Å². The van der Waals surface area contributed by atoms with Gasteiger partial charge in [0, 0.05) is 23.7 Å². The molecule has 1 unspecified atom stereocenters. The minimum absolute atomic E-state index is 0.0297. The first kappa shape index (κ1) is 21.5. The van der Waals surface area contributed by atoms with Gasteiger partial charge >= 0.3 is 0 Å². The van der Waals surface area contributed by atoms with Crippen molar-refractivity contribution in [3.8, 4) is 0 Å². The Labute approximate surface area is 187 Å². The van der Waals surface area contributed by atoms with Crippen LogP contribution in [0.15, 0.2) is 78.9 Å². The van der Waals surface area contributed by atoms with Crippen LogP contribution in [-0.2, 0) is 11.3 Å². The van der Waals surface area contributed by atoms with Crippen LogP contribution in [-0.4, -0.2) is 23.9 Å². The van der Waals surface area contributed by atoms with Gasteiger partial charge < -0.3 is 5.32 Å². The Kier molecular flexibility index (Phi) is 7.00. The maximum absolute atomic E-state index is 14.2. The monoisotopic (exact) mass is 436 g/mol. The molecule has 0 radical (unpaired) electrons. The van der Waals surface area contributed by atoms with Crippen LogP contribution in [0.2, 0.25) is 5.02 Å². The van der Waals surface area contributed by atoms with E-state index in [1.165, 1.54) is 6.07 Å². The zero-order chi connectivity index (χ0) is 21.6. The number of nitrogens with zero attached hydrogens (tertiary/aromatic N) is 1. The highest BCUT2D eigenvalue weighted by atomic mass is 35.5. The summed E-state index contributed by atoms with van der Waals surface area (Å²) in [6.07, 6.45) is 1.72. The van der Waals surface area contributed by atoms with Gasteiger partial charge in [-0.05, 0) is 42.6 Å². The number of carbonyl (C=O) groups is 1. The molecule has 0 aromatic heterocycles. The Hall–Kier alpha value is -2.69. The Morgan fingerprint density at radius 3 is 2.26 bits per heavy atom. The van der Waals surface area contributed by atoms with Crippen LogP contribution >= 0.6 is 11.6 Å². The van der Waals surface area contributed by atoms with Crippen LogP contribution in [0, 0.1) is 11.7 Å². The highest BCUT2D eigenvalue weighted by Crippen LogP contribution is 2.26. The Morgan fingerprint density at radius 2 is 1.65 bits per heavy atom. The van der Waals surface area contributed by atoms with Gasteiger partial charge in [0.05, 0.1) is 12.0 Å². The quantitative estimate of drug-likeness (QED) is 0.545. The molecule has 1 amide bonds. The van der Waals surface area contributed by atoms with Gasteiger partial charge in [0.2, 0.25) is 5.91 Å². The number of nitrogens with one attached hydrogen (secondary N) is 1. The summed E-state index contributed by atoms with van der Waals surface area (Å²) >= 11 is 6.21. The Bertz CT molecular complexity index is 953. The molecule has 0 saturated carbocycles. The maximum Gasteiger partial charge on any atom is 0.225 e. The lowest BCUT2D eigenvalue weighted by Crippen LogP contribution is -2.44. The molecule has 1 aliphatic heterocycles. The van der Waals surface area contributed by atoms with E-state index in [2.05, 4.69) is 10.2 Å². The predicted molar refractivity (Wildman–Crippen MR) is 122 cm³/mol. The first-order valence-electron chi connectivity index (χ1n) is 10.7. The normalized spacial score (nSPS) is 16.9. The number of piperidine rings is 1. The van der Waals surface area contributed by atoms with E-state index in [-0.39, 0.29) is 23.7 Å². The van der Waals surface area contributed by atoms with Crippen molar-refractivity contribution in [3.63, 3.8) is 0 Å². The minimum Gasteiger partial charge on any atom is -0.345 e. The lowest BCUT2D eigenvalue weighted by molar-refractivity contribution is -0.127. The smallest absolute Gasteiger partial charge is 0.225 e. The average molecular weight is 437 g/mol. The summed E-state index contributed by atoms with van der Waals surface area (Å²) in [5, 5.41) is 3.69. The molecular formula is C26H26ClFN2O. The molecule has 5 heteroatoms. The number of likely N-dealkylation sites (tertiary alicyclic amines) is 1. The lowest BCUT2D eigenvalue weighted by atomic mass is 9.94. The van der Waals surface area contributed by atoms with Crippen LogP contribution < -0.4 is 5.32 Å². The van der Waals surface area contributed by atoms with Gasteiger partial charge in [-0.1, -0.05) is 78.3 Å². The molecule has 1 aliphatic rings. The summed E-state index contributed by atoms with van der Waals surface area (Å²) in [5.74, 6) is -0.413. The summed E-state index contributed by atoms with van der Waals surface area (Å²) in [5.41, 5.74) is 2.59. The van der Waals surface area contributed by atoms with Crippen LogP contribution in [0.1, 0.15) is 35.6 Å². The first-order valence-corrected chi connectivity index (χ1v) is 11.0. The van der Waals surface area contributed by atoms with Crippen molar-refractivity contribution in [1.82, 2.24) is 10.2 Å². The molecule has 31 heavy (non-hydrogen) atoms. The largest absolute Gasteiger partial charge is 0.345 e. The molecule has 4 rings (SSSR count). The molecule has 3 aromatic carbocycles. The molecule has 1 heterocycles. The molecule has 160 valence electrons. The van der Waals surface area contributed by atoms with E-state index in [1.54, 1.807) is 12.1 Å². The third-order valence-electron chi connectivity index (χ3n) is 5.87. The van der Waals surface area contributed by atoms with E-state index in [0.717, 1.165) is 30.5 Å². The van der Waals surface area contributed by atoms with Crippen molar-refractivity contribution in [1.29, 1.82) is 0 Å². The standard InChI is InChI=1S/C26H26ClFN2O/c27-23-14-7-15-24(28)22(23)18-30-16-8-13-21(17-30)26(31)29-25(19-9-3-1-4-10-19)20-11-5-2-6-12-20/h1-7,9-12,14-15,21,25H,8,13,16-18H2,(H,29,31). The van der Waals surface area contributed by atoms with Gasteiger partial charge in [0.15, 0.2) is 0 Å². The average Bonchev–Trinajstić information content (AvgIpc) is 2.81. The first-order chi connectivity index (χ1) is 15.1. The molecule has 1 N–H and O–H groups in total. The molecule has 3 nitrogen and oxygen atoms in total. The summed E-state index contributed by atoms with van der Waals surface area (Å²) in [4.78, 5) is 15.4. The van der Waals surface area contributed by atoms with Crippen molar-refractivity contribution in [2.24, 2.45) is 5.92 Å². The van der Waals surface area contributed by atoms with Crippen molar-refractivity contribution < 1.29 is 9.18 Å². The highest BCUT2D eigenvalue weighted by molar-refractivity contribution is 6.31. The van der Waals surface area contributed by atoms with Crippen molar-refractivity contribution in [2.75, 3.05) is 13.1 Å². The summed E-state index contributed by atoms with van der Waals surface area (Å²) < 4.78 is 14.2. The van der Waals surface area contributed by atoms with Gasteiger partial charge in [-0.3, -0.25) is 9.69 Å². The van der Waals surface area contributed by atoms with E-state index in [4.69, 9.17) is 11.6 Å². The molecule has 1 atom stereocenters. The molecule has 1 fully saturated rings. The third-order valence-corrected chi connectivity index (χ3v) is 6.23. The predicted octanol–water partition coefficient (Wildman–Crippen LogP) is 5.60. The highest BCUT2D eigenvalue weighted by Gasteiger charge is 2.28. The van der Waals surface area contributed by atoms with Crippen LogP contribution in [0.4, 0.5) is 4.39 Å². The second kappa shape index (κ2) is 10.1. The van der Waals surface area contributed by atoms with Gasteiger partial charge in [-0.25, -0.2) is 4.39 Å². The summed E-state index contributed by atoms with van der Waals surface area (Å²) in [6, 6.07) is 24.6. The summed E-state index contributed by atoms with van der Waals surface area (Å²) in [7, 11) is 0. The van der Waals surface area contributed by atoms with Crippen molar-refractivity contribution in [3.05, 3.63) is 106 Å². The zero-order valence-electron chi connectivity index (χ0n) is 17.3. The number of hydrogen-bond acceptors (Lipinski definition) is 2. The van der Waals surface area contributed by atoms with E-state index >= 15 is 0 Å². The molecule has 1 saturated heterocycles. The third kappa shape index (κ3) is 5.33. The second-order valence-corrected chi connectivity index (χ2v) is 8.44. The maximum atomic E-state index is 14.2. The number of rotatable bonds is 6. The molecule has 0 aliphatic carbocycles. The van der Waals surface area contributed by atoms with E-state index in [1.807, 2.05) is 60.7 Å². The van der Waals surface area contributed by atoms with E-state index < -0.39 is 0 Å². The van der Waals surface area contributed by atoms with Crippen LogP contribution in [0.3, 0.4) is 0 Å². The van der Waals surface area contributed by atoms with Crippen LogP contribution in [0.25, 0.3) is 0 Å². The Morgan fingerprint density at radius 1 is 1.00 bits per heavy atom. The summed E-state index contributed by atoms with van der Waals surface area (Å²) in [6.45, 7) is 1.83. The number of hydrogen-bond donors (Lipinski definition) is 1. The van der Waals surface area contributed by atoms with Crippen LogP contribution in [0.5, 0.6) is 0 Å². The molecular weight excluding hydrogens is 411 g/mol.